The Balaban J connectivity index is 1.92. The monoisotopic (exact) mass is 272 g/mol. The van der Waals surface area contributed by atoms with Crippen LogP contribution in [0.5, 0.6) is 0 Å². The fraction of sp³-hybridized carbons (Fsp3) is 0.500. The van der Waals surface area contributed by atoms with Crippen LogP contribution in [0.15, 0.2) is 28.8 Å². The van der Waals surface area contributed by atoms with E-state index < -0.39 is 0 Å². The molecule has 1 saturated carbocycles. The first-order chi connectivity index (χ1) is 9.64. The van der Waals surface area contributed by atoms with Gasteiger partial charge in [0.1, 0.15) is 5.60 Å². The van der Waals surface area contributed by atoms with Crippen LogP contribution in [0.4, 0.5) is 0 Å². The fourth-order valence-electron chi connectivity index (χ4n) is 2.57. The third-order valence-corrected chi connectivity index (χ3v) is 4.19. The van der Waals surface area contributed by atoms with Crippen LogP contribution in [0.1, 0.15) is 50.4 Å². The summed E-state index contributed by atoms with van der Waals surface area (Å²) in [4.78, 5) is 4.54. The maximum atomic E-state index is 5.59. The number of aromatic nitrogens is 2. The van der Waals surface area contributed by atoms with Crippen molar-refractivity contribution >= 4 is 0 Å². The first kappa shape index (κ1) is 13.3. The van der Waals surface area contributed by atoms with E-state index in [9.17, 15) is 0 Å². The fourth-order valence-corrected chi connectivity index (χ4v) is 2.57. The van der Waals surface area contributed by atoms with Crippen LogP contribution in [-0.4, -0.2) is 17.3 Å². The summed E-state index contributed by atoms with van der Waals surface area (Å²) in [5.41, 5.74) is 1.92. The maximum Gasteiger partial charge on any atom is 0.258 e. The highest BCUT2D eigenvalue weighted by Crippen LogP contribution is 2.43. The molecule has 0 spiro atoms. The van der Waals surface area contributed by atoms with Gasteiger partial charge >= 0.3 is 0 Å². The van der Waals surface area contributed by atoms with Gasteiger partial charge in [-0.3, -0.25) is 0 Å². The molecular formula is C16H20N2O2. The molecule has 4 nitrogen and oxygen atoms in total. The van der Waals surface area contributed by atoms with Gasteiger partial charge in [-0.2, -0.15) is 4.98 Å². The lowest BCUT2D eigenvalue weighted by Crippen LogP contribution is -2.37. The normalized spacial score (nSPS) is 17.2. The van der Waals surface area contributed by atoms with Gasteiger partial charge in [0.15, 0.2) is 0 Å². The largest absolute Gasteiger partial charge is 0.370 e. The Labute approximate surface area is 119 Å². The standard InChI is InChI=1S/C16H20N2O2/c1-11(2)12-6-4-7-13(10-12)14-17-15(18-20-14)16(19-3)8-5-9-16/h4,6-7,10-11H,5,8-9H2,1-3H3. The molecule has 0 amide bonds. The van der Waals surface area contributed by atoms with Gasteiger partial charge in [0.25, 0.3) is 5.89 Å². The molecule has 1 fully saturated rings. The second-order valence-electron chi connectivity index (χ2n) is 5.76. The van der Waals surface area contributed by atoms with E-state index in [0.717, 1.165) is 24.8 Å². The van der Waals surface area contributed by atoms with Crippen molar-refractivity contribution < 1.29 is 9.26 Å². The van der Waals surface area contributed by atoms with Crippen LogP contribution in [0.3, 0.4) is 0 Å². The lowest BCUT2D eigenvalue weighted by atomic mass is 9.79. The summed E-state index contributed by atoms with van der Waals surface area (Å²) in [6.45, 7) is 4.35. The van der Waals surface area contributed by atoms with Crippen LogP contribution in [-0.2, 0) is 10.3 Å². The van der Waals surface area contributed by atoms with Gasteiger partial charge in [0.05, 0.1) is 0 Å². The summed E-state index contributed by atoms with van der Waals surface area (Å²) in [5.74, 6) is 1.73. The van der Waals surface area contributed by atoms with Gasteiger partial charge in [-0.25, -0.2) is 0 Å². The number of methoxy groups -OCH3 is 1. The van der Waals surface area contributed by atoms with Gasteiger partial charge in [-0.1, -0.05) is 31.1 Å². The van der Waals surface area contributed by atoms with Gasteiger partial charge in [0.2, 0.25) is 5.82 Å². The molecule has 0 aliphatic heterocycles. The highest BCUT2D eigenvalue weighted by molar-refractivity contribution is 5.54. The predicted octanol–water partition coefficient (Wildman–Crippen LogP) is 3.89. The van der Waals surface area contributed by atoms with E-state index in [2.05, 4.69) is 36.1 Å². The van der Waals surface area contributed by atoms with Crippen LogP contribution in [0.25, 0.3) is 11.5 Å². The molecule has 0 atom stereocenters. The van der Waals surface area contributed by atoms with Gasteiger partial charge in [-0.15, -0.1) is 0 Å². The summed E-state index contributed by atoms with van der Waals surface area (Å²) >= 11 is 0. The molecule has 2 aromatic rings. The van der Waals surface area contributed by atoms with E-state index >= 15 is 0 Å². The third kappa shape index (κ3) is 2.14. The molecule has 1 heterocycles. The Bertz CT molecular complexity index is 595. The van der Waals surface area contributed by atoms with Crippen LogP contribution in [0, 0.1) is 0 Å². The smallest absolute Gasteiger partial charge is 0.258 e. The van der Waals surface area contributed by atoms with Crippen molar-refractivity contribution in [3.8, 4) is 11.5 Å². The molecule has 20 heavy (non-hydrogen) atoms. The number of ether oxygens (including phenoxy) is 1. The topological polar surface area (TPSA) is 48.2 Å². The Hall–Kier alpha value is -1.68. The van der Waals surface area contributed by atoms with Crippen molar-refractivity contribution in [1.29, 1.82) is 0 Å². The summed E-state index contributed by atoms with van der Waals surface area (Å²) in [5, 5.41) is 4.12. The number of hydrogen-bond acceptors (Lipinski definition) is 4. The van der Waals surface area contributed by atoms with Gasteiger partial charge in [-0.05, 0) is 42.9 Å². The molecule has 0 N–H and O–H groups in total. The van der Waals surface area contributed by atoms with E-state index in [4.69, 9.17) is 9.26 Å². The van der Waals surface area contributed by atoms with Crippen molar-refractivity contribution in [2.24, 2.45) is 0 Å². The van der Waals surface area contributed by atoms with Crippen molar-refractivity contribution in [3.63, 3.8) is 0 Å². The Morgan fingerprint density at radius 3 is 2.70 bits per heavy atom. The Kier molecular flexibility index (Phi) is 3.34. The lowest BCUT2D eigenvalue weighted by molar-refractivity contribution is -0.0858. The van der Waals surface area contributed by atoms with Crippen LogP contribution in [0.2, 0.25) is 0 Å². The molecule has 1 aromatic heterocycles. The second kappa shape index (κ2) is 5.02. The minimum Gasteiger partial charge on any atom is -0.370 e. The average molecular weight is 272 g/mol. The van der Waals surface area contributed by atoms with Gasteiger partial charge < -0.3 is 9.26 Å². The molecule has 1 aromatic carbocycles. The molecule has 0 radical (unpaired) electrons. The number of rotatable bonds is 4. The molecule has 3 rings (SSSR count). The zero-order valence-corrected chi connectivity index (χ0v) is 12.2. The highest BCUT2D eigenvalue weighted by atomic mass is 16.5. The van der Waals surface area contributed by atoms with E-state index in [1.54, 1.807) is 7.11 Å². The van der Waals surface area contributed by atoms with E-state index in [1.165, 1.54) is 5.56 Å². The summed E-state index contributed by atoms with van der Waals surface area (Å²) < 4.78 is 11.0. The van der Waals surface area contributed by atoms with E-state index in [-0.39, 0.29) is 5.60 Å². The average Bonchev–Trinajstić information content (AvgIpc) is 2.88. The van der Waals surface area contributed by atoms with Crippen molar-refractivity contribution in [3.05, 3.63) is 35.7 Å². The third-order valence-electron chi connectivity index (χ3n) is 4.19. The summed E-state index contributed by atoms with van der Waals surface area (Å²) in [6, 6.07) is 8.27. The lowest BCUT2D eigenvalue weighted by Gasteiger charge is -2.37. The minimum absolute atomic E-state index is 0.322. The van der Waals surface area contributed by atoms with Crippen LogP contribution < -0.4 is 0 Å². The molecule has 1 aliphatic carbocycles. The zero-order chi connectivity index (χ0) is 14.2. The summed E-state index contributed by atoms with van der Waals surface area (Å²) in [7, 11) is 1.72. The van der Waals surface area contributed by atoms with Crippen molar-refractivity contribution in [2.45, 2.75) is 44.6 Å². The maximum absolute atomic E-state index is 5.59. The molecule has 1 aliphatic rings. The van der Waals surface area contributed by atoms with E-state index in [1.807, 2.05) is 12.1 Å². The van der Waals surface area contributed by atoms with Gasteiger partial charge in [0, 0.05) is 12.7 Å². The summed E-state index contributed by atoms with van der Waals surface area (Å²) in [6.07, 6.45) is 3.09. The predicted molar refractivity (Wildman–Crippen MR) is 76.4 cm³/mol. The number of benzene rings is 1. The first-order valence-electron chi connectivity index (χ1n) is 7.14. The number of nitrogens with zero attached hydrogens (tertiary/aromatic N) is 2. The molecule has 106 valence electrons. The van der Waals surface area contributed by atoms with Crippen molar-refractivity contribution in [1.82, 2.24) is 10.1 Å². The second-order valence-corrected chi connectivity index (χ2v) is 5.76. The zero-order valence-electron chi connectivity index (χ0n) is 12.2. The molecule has 4 heteroatoms. The molecule has 0 bridgehead atoms. The quantitative estimate of drug-likeness (QED) is 0.847. The van der Waals surface area contributed by atoms with Crippen molar-refractivity contribution in [2.75, 3.05) is 7.11 Å². The molecular weight excluding hydrogens is 252 g/mol. The first-order valence-corrected chi connectivity index (χ1v) is 7.14. The Morgan fingerprint density at radius 2 is 2.10 bits per heavy atom. The minimum atomic E-state index is -0.322. The number of hydrogen-bond donors (Lipinski definition) is 0. The van der Waals surface area contributed by atoms with Crippen LogP contribution >= 0.6 is 0 Å². The Morgan fingerprint density at radius 1 is 1.30 bits per heavy atom. The molecule has 0 saturated heterocycles. The van der Waals surface area contributed by atoms with E-state index in [0.29, 0.717) is 17.6 Å². The highest BCUT2D eigenvalue weighted by Gasteiger charge is 2.43. The SMILES string of the molecule is COC1(c2noc(-c3cccc(C(C)C)c3)n2)CCC1. The molecule has 0 unspecified atom stereocenters.